The van der Waals surface area contributed by atoms with Gasteiger partial charge in [-0.1, -0.05) is 41.0 Å². The van der Waals surface area contributed by atoms with Crippen molar-refractivity contribution in [1.29, 1.82) is 0 Å². The molecule has 0 aliphatic carbocycles. The number of ether oxygens (including phenoxy) is 1. The number of methoxy groups -OCH3 is 1. The van der Waals surface area contributed by atoms with E-state index in [9.17, 15) is 9.59 Å². The molecule has 0 saturated carbocycles. The van der Waals surface area contributed by atoms with Gasteiger partial charge in [-0.15, -0.1) is 0 Å². The third-order valence-electron chi connectivity index (χ3n) is 4.94. The van der Waals surface area contributed by atoms with Crippen LogP contribution in [0.15, 0.2) is 57.8 Å². The molecule has 1 unspecified atom stereocenters. The van der Waals surface area contributed by atoms with Gasteiger partial charge in [-0.25, -0.2) is 4.68 Å². The Morgan fingerprint density at radius 2 is 2.00 bits per heavy atom. The molecule has 0 radical (unpaired) electrons. The maximum absolute atomic E-state index is 13.1. The van der Waals surface area contributed by atoms with Crippen molar-refractivity contribution in [3.05, 3.63) is 69.7 Å². The molecule has 2 aromatic carbocycles. The number of para-hydroxylation sites is 1. The molecule has 1 amide bonds. The van der Waals surface area contributed by atoms with E-state index >= 15 is 0 Å². The number of benzene rings is 2. The average Bonchev–Trinajstić information content (AvgIpc) is 3.17. The summed E-state index contributed by atoms with van der Waals surface area (Å²) in [7, 11) is 1.56. The number of fused-ring (bicyclic) bond motifs is 1. The molecule has 9 heteroatoms. The molecule has 8 nitrogen and oxygen atoms in total. The minimum Gasteiger partial charge on any atom is -0.497 e. The number of aromatic nitrogens is 3. The lowest BCUT2D eigenvalue weighted by molar-refractivity contribution is -0.119. The summed E-state index contributed by atoms with van der Waals surface area (Å²) < 4.78 is 11.7. The fourth-order valence-electron chi connectivity index (χ4n) is 3.25. The van der Waals surface area contributed by atoms with Crippen LogP contribution in [0.1, 0.15) is 18.7 Å². The van der Waals surface area contributed by atoms with Crippen LogP contribution in [0.4, 0.5) is 5.69 Å². The van der Waals surface area contributed by atoms with Crippen LogP contribution in [-0.2, 0) is 4.79 Å². The molecule has 2 heterocycles. The van der Waals surface area contributed by atoms with Gasteiger partial charge in [0.05, 0.1) is 23.2 Å². The highest BCUT2D eigenvalue weighted by Gasteiger charge is 2.25. The van der Waals surface area contributed by atoms with Crippen molar-refractivity contribution in [2.24, 2.45) is 0 Å². The second-order valence-electron chi connectivity index (χ2n) is 6.94. The van der Waals surface area contributed by atoms with Gasteiger partial charge in [-0.05, 0) is 38.1 Å². The van der Waals surface area contributed by atoms with Gasteiger partial charge < -0.3 is 14.6 Å². The molecule has 0 fully saturated rings. The topological polar surface area (TPSA) is 99.2 Å². The Hall–Kier alpha value is -3.65. The van der Waals surface area contributed by atoms with Gasteiger partial charge in [0, 0.05) is 5.56 Å². The Bertz CT molecular complexity index is 1350. The Balaban J connectivity index is 1.83. The molecule has 0 spiro atoms. The lowest BCUT2D eigenvalue weighted by Gasteiger charge is -2.16. The van der Waals surface area contributed by atoms with Crippen LogP contribution in [0.25, 0.3) is 22.2 Å². The van der Waals surface area contributed by atoms with Gasteiger partial charge in [0.2, 0.25) is 5.91 Å². The zero-order valence-corrected chi connectivity index (χ0v) is 17.8. The van der Waals surface area contributed by atoms with Gasteiger partial charge in [0.25, 0.3) is 5.56 Å². The number of rotatable bonds is 5. The number of amides is 1. The number of halogens is 1. The molecule has 1 N–H and O–H groups in total. The number of carbonyl (C=O) groups is 1. The van der Waals surface area contributed by atoms with Crippen LogP contribution in [-0.4, -0.2) is 28.0 Å². The Morgan fingerprint density at radius 1 is 1.23 bits per heavy atom. The monoisotopic (exact) mass is 438 g/mol. The summed E-state index contributed by atoms with van der Waals surface area (Å²) in [6.07, 6.45) is 0. The van der Waals surface area contributed by atoms with Crippen molar-refractivity contribution >= 4 is 34.1 Å². The molecular formula is C22H19ClN4O4. The third kappa shape index (κ3) is 3.77. The molecule has 0 aliphatic heterocycles. The summed E-state index contributed by atoms with van der Waals surface area (Å²) in [5.41, 5.74) is 1.18. The van der Waals surface area contributed by atoms with E-state index in [4.69, 9.17) is 20.9 Å². The first-order valence-electron chi connectivity index (χ1n) is 9.49. The fourth-order valence-corrected chi connectivity index (χ4v) is 3.44. The average molecular weight is 439 g/mol. The number of anilines is 1. The van der Waals surface area contributed by atoms with E-state index in [2.05, 4.69) is 15.6 Å². The van der Waals surface area contributed by atoms with Crippen LogP contribution in [0.5, 0.6) is 5.75 Å². The van der Waals surface area contributed by atoms with Crippen LogP contribution < -0.4 is 15.6 Å². The highest BCUT2D eigenvalue weighted by Crippen LogP contribution is 2.30. The van der Waals surface area contributed by atoms with E-state index in [-0.39, 0.29) is 5.52 Å². The third-order valence-corrected chi connectivity index (χ3v) is 5.27. The van der Waals surface area contributed by atoms with Gasteiger partial charge in [-0.2, -0.15) is 5.10 Å². The summed E-state index contributed by atoms with van der Waals surface area (Å²) in [6, 6.07) is 13.2. The summed E-state index contributed by atoms with van der Waals surface area (Å²) in [5.74, 6) is 0.639. The van der Waals surface area contributed by atoms with E-state index in [0.717, 1.165) is 4.68 Å². The van der Waals surface area contributed by atoms with E-state index in [1.807, 2.05) is 12.1 Å². The molecule has 2 aromatic heterocycles. The largest absolute Gasteiger partial charge is 0.497 e. The standard InChI is InChI=1S/C22H19ClN4O4/c1-12(21(28)24-17-10-5-4-9-16(17)23)27-22(29)20-18(13(2)31-26-20)19(25-27)14-7-6-8-15(11-14)30-3/h4-12H,1-3H3,(H,24,28). The van der Waals surface area contributed by atoms with Gasteiger partial charge >= 0.3 is 0 Å². The second kappa shape index (κ2) is 8.23. The fraction of sp³-hybridized carbons (Fsp3) is 0.182. The van der Waals surface area contributed by atoms with E-state index in [0.29, 0.717) is 38.9 Å². The molecule has 1 atom stereocenters. The van der Waals surface area contributed by atoms with Crippen molar-refractivity contribution in [3.63, 3.8) is 0 Å². The smallest absolute Gasteiger partial charge is 0.297 e. The first-order valence-corrected chi connectivity index (χ1v) is 9.87. The van der Waals surface area contributed by atoms with Crippen molar-refractivity contribution < 1.29 is 14.1 Å². The summed E-state index contributed by atoms with van der Waals surface area (Å²) in [5, 5.41) is 12.1. The van der Waals surface area contributed by atoms with Crippen LogP contribution in [0.3, 0.4) is 0 Å². The lowest BCUT2D eigenvalue weighted by atomic mass is 10.1. The van der Waals surface area contributed by atoms with Crippen LogP contribution in [0, 0.1) is 6.92 Å². The normalized spacial score (nSPS) is 12.0. The Labute approximate surface area is 182 Å². The molecule has 4 aromatic rings. The number of hydrogen-bond donors (Lipinski definition) is 1. The second-order valence-corrected chi connectivity index (χ2v) is 7.34. The van der Waals surface area contributed by atoms with Gasteiger partial charge in [0.15, 0.2) is 5.52 Å². The summed E-state index contributed by atoms with van der Waals surface area (Å²) in [6.45, 7) is 3.28. The maximum Gasteiger partial charge on any atom is 0.297 e. The zero-order valence-electron chi connectivity index (χ0n) is 17.0. The van der Waals surface area contributed by atoms with Crippen molar-refractivity contribution in [2.75, 3.05) is 12.4 Å². The number of hydrogen-bond acceptors (Lipinski definition) is 6. The molecule has 0 aliphatic rings. The highest BCUT2D eigenvalue weighted by molar-refractivity contribution is 6.33. The molecular weight excluding hydrogens is 420 g/mol. The van der Waals surface area contributed by atoms with Gasteiger partial charge in [-0.3, -0.25) is 9.59 Å². The van der Waals surface area contributed by atoms with Crippen molar-refractivity contribution in [1.82, 2.24) is 14.9 Å². The van der Waals surface area contributed by atoms with Crippen molar-refractivity contribution in [3.8, 4) is 17.0 Å². The van der Waals surface area contributed by atoms with E-state index in [1.165, 1.54) is 0 Å². The Morgan fingerprint density at radius 3 is 2.74 bits per heavy atom. The number of nitrogens with zero attached hydrogens (tertiary/aromatic N) is 3. The predicted molar refractivity (Wildman–Crippen MR) is 118 cm³/mol. The van der Waals surface area contributed by atoms with Crippen LogP contribution >= 0.6 is 11.6 Å². The number of carbonyl (C=O) groups excluding carboxylic acids is 1. The summed E-state index contributed by atoms with van der Waals surface area (Å²) in [4.78, 5) is 25.9. The minimum atomic E-state index is -0.936. The molecule has 0 bridgehead atoms. The Kier molecular flexibility index (Phi) is 5.48. The summed E-state index contributed by atoms with van der Waals surface area (Å²) >= 11 is 6.13. The minimum absolute atomic E-state index is 0.0997. The molecule has 158 valence electrons. The molecule has 31 heavy (non-hydrogen) atoms. The number of nitrogens with one attached hydrogen (secondary N) is 1. The SMILES string of the molecule is COc1cccc(-c2nn(C(C)C(=O)Nc3ccccc3Cl)c(=O)c3noc(C)c23)c1. The quantitative estimate of drug-likeness (QED) is 0.500. The van der Waals surface area contributed by atoms with Crippen molar-refractivity contribution in [2.45, 2.75) is 19.9 Å². The first kappa shape index (κ1) is 20.6. The lowest BCUT2D eigenvalue weighted by Crippen LogP contribution is -2.34. The number of aryl methyl sites for hydroxylation is 1. The molecule has 4 rings (SSSR count). The van der Waals surface area contributed by atoms with Gasteiger partial charge in [0.1, 0.15) is 23.2 Å². The van der Waals surface area contributed by atoms with E-state index in [1.54, 1.807) is 57.4 Å². The van der Waals surface area contributed by atoms with Crippen LogP contribution in [0.2, 0.25) is 5.02 Å². The maximum atomic E-state index is 13.1. The predicted octanol–water partition coefficient (Wildman–Crippen LogP) is 4.22. The highest BCUT2D eigenvalue weighted by atomic mass is 35.5. The first-order chi connectivity index (χ1) is 14.9. The zero-order chi connectivity index (χ0) is 22.1. The van der Waals surface area contributed by atoms with E-state index < -0.39 is 17.5 Å². The molecule has 0 saturated heterocycles.